The summed E-state index contributed by atoms with van der Waals surface area (Å²) in [6, 6.07) is 4.80. The molecule has 0 N–H and O–H groups in total. The number of rotatable bonds is 4. The van der Waals surface area contributed by atoms with Crippen molar-refractivity contribution in [1.29, 1.82) is 0 Å². The molecule has 1 fully saturated rings. The number of hydrogen-bond donors (Lipinski definition) is 0. The van der Waals surface area contributed by atoms with Gasteiger partial charge < -0.3 is 4.90 Å². The van der Waals surface area contributed by atoms with Crippen LogP contribution in [0.25, 0.3) is 0 Å². The Balaban J connectivity index is 1.70. The van der Waals surface area contributed by atoms with Crippen molar-refractivity contribution < 1.29 is 18.1 Å². The van der Waals surface area contributed by atoms with Crippen LogP contribution in [-0.4, -0.2) is 59.6 Å². The van der Waals surface area contributed by atoms with Crippen molar-refractivity contribution in [1.82, 2.24) is 14.2 Å². The molecule has 11 heteroatoms. The van der Waals surface area contributed by atoms with Crippen LogP contribution in [0, 0.1) is 24.0 Å². The number of carbonyl (C=O) groups is 1. The van der Waals surface area contributed by atoms with Gasteiger partial charge in [0.25, 0.3) is 11.6 Å². The molecule has 9 nitrogen and oxygen atoms in total. The van der Waals surface area contributed by atoms with E-state index >= 15 is 0 Å². The number of hydrogen-bond acceptors (Lipinski definition) is 7. The van der Waals surface area contributed by atoms with Gasteiger partial charge in [-0.05, 0) is 26.0 Å². The normalized spacial score (nSPS) is 15.7. The van der Waals surface area contributed by atoms with E-state index in [0.29, 0.717) is 10.6 Å². The van der Waals surface area contributed by atoms with Crippen molar-refractivity contribution in [3.05, 3.63) is 50.0 Å². The van der Waals surface area contributed by atoms with Crippen LogP contribution in [0.5, 0.6) is 0 Å². The first kappa shape index (κ1) is 19.4. The van der Waals surface area contributed by atoms with E-state index in [2.05, 4.69) is 4.98 Å². The molecule has 144 valence electrons. The van der Waals surface area contributed by atoms with Gasteiger partial charge in [-0.1, -0.05) is 0 Å². The van der Waals surface area contributed by atoms with Crippen LogP contribution in [0.15, 0.2) is 29.2 Å². The molecule has 27 heavy (non-hydrogen) atoms. The van der Waals surface area contributed by atoms with Crippen LogP contribution in [0.4, 0.5) is 5.69 Å². The lowest BCUT2D eigenvalue weighted by atomic mass is 10.3. The molecular formula is C16H18N4O5S2. The summed E-state index contributed by atoms with van der Waals surface area (Å²) in [5.41, 5.74) is 0.517. The van der Waals surface area contributed by atoms with Gasteiger partial charge in [0.1, 0.15) is 4.88 Å². The monoisotopic (exact) mass is 410 g/mol. The molecule has 0 spiro atoms. The van der Waals surface area contributed by atoms with E-state index in [1.54, 1.807) is 11.8 Å². The zero-order valence-corrected chi connectivity index (χ0v) is 16.4. The topological polar surface area (TPSA) is 114 Å². The number of aromatic nitrogens is 1. The van der Waals surface area contributed by atoms with Crippen LogP contribution in [0.1, 0.15) is 20.4 Å². The van der Waals surface area contributed by atoms with Crippen LogP contribution < -0.4 is 0 Å². The Kier molecular flexibility index (Phi) is 5.27. The van der Waals surface area contributed by atoms with Gasteiger partial charge in [0.15, 0.2) is 0 Å². The van der Waals surface area contributed by atoms with Crippen LogP contribution in [-0.2, 0) is 10.0 Å². The number of piperazine rings is 1. The van der Waals surface area contributed by atoms with Gasteiger partial charge in [0.05, 0.1) is 20.5 Å². The first-order chi connectivity index (χ1) is 12.7. The molecule has 1 aliphatic rings. The van der Waals surface area contributed by atoms with Crippen molar-refractivity contribution >= 4 is 33.0 Å². The summed E-state index contributed by atoms with van der Waals surface area (Å²) in [6.45, 7) is 4.52. The molecule has 0 radical (unpaired) electrons. The zero-order valence-electron chi connectivity index (χ0n) is 14.8. The minimum atomic E-state index is -3.76. The fraction of sp³-hybridized carbons (Fsp3) is 0.375. The maximum absolute atomic E-state index is 12.7. The Bertz CT molecular complexity index is 977. The highest BCUT2D eigenvalue weighted by molar-refractivity contribution is 7.89. The lowest BCUT2D eigenvalue weighted by Crippen LogP contribution is -2.50. The fourth-order valence-corrected chi connectivity index (χ4v) is 5.20. The first-order valence-corrected chi connectivity index (χ1v) is 10.4. The van der Waals surface area contributed by atoms with Gasteiger partial charge in [0, 0.05) is 38.3 Å². The molecule has 2 heterocycles. The quantitative estimate of drug-likeness (QED) is 0.561. The summed E-state index contributed by atoms with van der Waals surface area (Å²) in [5, 5.41) is 11.5. The molecule has 1 amide bonds. The second-order valence-corrected chi connectivity index (χ2v) is 9.24. The third kappa shape index (κ3) is 3.84. The van der Waals surface area contributed by atoms with Crippen molar-refractivity contribution in [2.24, 2.45) is 0 Å². The van der Waals surface area contributed by atoms with Gasteiger partial charge in [0.2, 0.25) is 10.0 Å². The molecule has 0 aliphatic carbocycles. The minimum Gasteiger partial charge on any atom is -0.335 e. The van der Waals surface area contributed by atoms with Gasteiger partial charge in [-0.15, -0.1) is 11.3 Å². The van der Waals surface area contributed by atoms with E-state index < -0.39 is 14.9 Å². The second kappa shape index (κ2) is 7.33. The molecule has 0 atom stereocenters. The highest BCUT2D eigenvalue weighted by Crippen LogP contribution is 2.23. The number of nitrogens with zero attached hydrogens (tertiary/aromatic N) is 4. The molecule has 1 aliphatic heterocycles. The number of benzene rings is 1. The molecule has 1 aromatic heterocycles. The van der Waals surface area contributed by atoms with E-state index in [9.17, 15) is 23.3 Å². The lowest BCUT2D eigenvalue weighted by Gasteiger charge is -2.33. The fourth-order valence-electron chi connectivity index (χ4n) is 2.89. The SMILES string of the molecule is Cc1nc(C)c(C(=O)N2CCN(S(=O)(=O)c3ccc([N+](=O)[O-])cc3)CC2)s1. The summed E-state index contributed by atoms with van der Waals surface area (Å²) in [7, 11) is -3.76. The molecule has 3 rings (SSSR count). The molecule has 1 aromatic carbocycles. The predicted molar refractivity (Wildman–Crippen MR) is 99.3 cm³/mol. The highest BCUT2D eigenvalue weighted by Gasteiger charge is 2.31. The minimum absolute atomic E-state index is 0.00167. The highest BCUT2D eigenvalue weighted by atomic mass is 32.2. The summed E-state index contributed by atoms with van der Waals surface area (Å²) in [5.74, 6) is -0.134. The average molecular weight is 410 g/mol. The van der Waals surface area contributed by atoms with E-state index in [0.717, 1.165) is 5.01 Å². The van der Waals surface area contributed by atoms with Crippen molar-refractivity contribution in [2.45, 2.75) is 18.7 Å². The number of aryl methyl sites for hydroxylation is 2. The number of nitro benzene ring substituents is 1. The molecule has 1 saturated heterocycles. The summed E-state index contributed by atoms with van der Waals surface area (Å²) >= 11 is 1.33. The number of amides is 1. The average Bonchev–Trinajstić information content (AvgIpc) is 2.99. The Morgan fingerprint density at radius 3 is 2.22 bits per heavy atom. The third-order valence-corrected chi connectivity index (χ3v) is 7.28. The van der Waals surface area contributed by atoms with Gasteiger partial charge in [-0.2, -0.15) is 4.31 Å². The predicted octanol–water partition coefficient (Wildman–Crippen LogP) is 1.81. The van der Waals surface area contributed by atoms with Crippen LogP contribution in [0.2, 0.25) is 0 Å². The zero-order chi connectivity index (χ0) is 19.8. The van der Waals surface area contributed by atoms with Crippen molar-refractivity contribution in [3.63, 3.8) is 0 Å². The Hall–Kier alpha value is -2.37. The summed E-state index contributed by atoms with van der Waals surface area (Å²) in [6.07, 6.45) is 0. The van der Waals surface area contributed by atoms with Crippen molar-refractivity contribution in [2.75, 3.05) is 26.2 Å². The number of carbonyl (C=O) groups excluding carboxylic acids is 1. The van der Waals surface area contributed by atoms with Crippen LogP contribution in [0.3, 0.4) is 0 Å². The van der Waals surface area contributed by atoms with Crippen molar-refractivity contribution in [3.8, 4) is 0 Å². The first-order valence-electron chi connectivity index (χ1n) is 8.18. The summed E-state index contributed by atoms with van der Waals surface area (Å²) in [4.78, 5) is 29.2. The number of sulfonamides is 1. The number of non-ortho nitro benzene ring substituents is 1. The van der Waals surface area contributed by atoms with E-state index in [4.69, 9.17) is 0 Å². The molecule has 0 saturated carbocycles. The second-order valence-electron chi connectivity index (χ2n) is 6.09. The summed E-state index contributed by atoms with van der Waals surface area (Å²) < 4.78 is 26.7. The maximum Gasteiger partial charge on any atom is 0.269 e. The van der Waals surface area contributed by atoms with Gasteiger partial charge in [-0.3, -0.25) is 14.9 Å². The van der Waals surface area contributed by atoms with Gasteiger partial charge in [-0.25, -0.2) is 13.4 Å². The van der Waals surface area contributed by atoms with Gasteiger partial charge >= 0.3 is 0 Å². The van der Waals surface area contributed by atoms with E-state index in [1.807, 2.05) is 6.92 Å². The Labute approximate surface area is 160 Å². The number of thiazole rings is 1. The van der Waals surface area contributed by atoms with E-state index in [-0.39, 0.29) is 42.7 Å². The molecule has 2 aromatic rings. The van der Waals surface area contributed by atoms with Crippen LogP contribution >= 0.6 is 11.3 Å². The molecule has 0 unspecified atom stereocenters. The standard InChI is InChI=1S/C16H18N4O5S2/c1-11-15(26-12(2)17-11)16(21)18-7-9-19(10-8-18)27(24,25)14-5-3-13(4-6-14)20(22)23/h3-6H,7-10H2,1-2H3. The van der Waals surface area contributed by atoms with E-state index in [1.165, 1.54) is 39.9 Å². The smallest absolute Gasteiger partial charge is 0.269 e. The largest absolute Gasteiger partial charge is 0.335 e. The maximum atomic E-state index is 12.7. The molecule has 0 bridgehead atoms. The Morgan fingerprint density at radius 2 is 1.74 bits per heavy atom. The Morgan fingerprint density at radius 1 is 1.15 bits per heavy atom. The lowest BCUT2D eigenvalue weighted by molar-refractivity contribution is -0.384. The number of nitro groups is 1. The molecular weight excluding hydrogens is 392 g/mol. The third-order valence-electron chi connectivity index (χ3n) is 4.31.